The van der Waals surface area contributed by atoms with Crippen LogP contribution in [0.1, 0.15) is 31.1 Å². The number of hydrogen-bond donors (Lipinski definition) is 2. The van der Waals surface area contributed by atoms with Crippen LogP contribution in [0.5, 0.6) is 0 Å². The minimum atomic E-state index is -4.09. The lowest BCUT2D eigenvalue weighted by Gasteiger charge is -2.18. The van der Waals surface area contributed by atoms with Gasteiger partial charge in [-0.05, 0) is 57.2 Å². The molecule has 30 heavy (non-hydrogen) atoms. The van der Waals surface area contributed by atoms with Gasteiger partial charge in [-0.2, -0.15) is 4.72 Å². The minimum absolute atomic E-state index is 0.173. The standard InChI is InChI=1S/C20H21FN2O6S/c1-12(23-30(27,28)18-9-7-16(21)8-10-18)20(26)29-14(3)19(25)22-17-6-4-5-15(11-17)13(2)24/h4-12,14,23H,1-3H3,(H,22,25)/t12-,14-/m0/s1. The topological polar surface area (TPSA) is 119 Å². The quantitative estimate of drug-likeness (QED) is 0.484. The van der Waals surface area contributed by atoms with E-state index in [1.807, 2.05) is 0 Å². The molecular weight excluding hydrogens is 415 g/mol. The summed E-state index contributed by atoms with van der Waals surface area (Å²) in [5.41, 5.74) is 0.752. The number of carbonyl (C=O) groups excluding carboxylic acids is 3. The van der Waals surface area contributed by atoms with E-state index in [1.165, 1.54) is 26.8 Å². The molecule has 0 radical (unpaired) electrons. The number of sulfonamides is 1. The van der Waals surface area contributed by atoms with Crippen LogP contribution in [0.4, 0.5) is 10.1 Å². The van der Waals surface area contributed by atoms with Gasteiger partial charge in [0, 0.05) is 11.3 Å². The Morgan fingerprint density at radius 1 is 1.03 bits per heavy atom. The van der Waals surface area contributed by atoms with Crippen LogP contribution in [0, 0.1) is 5.82 Å². The number of amides is 1. The smallest absolute Gasteiger partial charge is 0.324 e. The highest BCUT2D eigenvalue weighted by molar-refractivity contribution is 7.89. The first kappa shape index (κ1) is 23.2. The average Bonchev–Trinajstić information content (AvgIpc) is 2.68. The summed E-state index contributed by atoms with van der Waals surface area (Å²) in [4.78, 5) is 35.6. The Hall–Kier alpha value is -3.11. The zero-order chi connectivity index (χ0) is 22.5. The maximum atomic E-state index is 13.0. The molecule has 0 bridgehead atoms. The molecule has 0 aromatic heterocycles. The number of anilines is 1. The third kappa shape index (κ3) is 6.19. The first-order valence-corrected chi connectivity index (χ1v) is 10.4. The monoisotopic (exact) mass is 436 g/mol. The lowest BCUT2D eigenvalue weighted by molar-refractivity contribution is -0.154. The van der Waals surface area contributed by atoms with Crippen molar-refractivity contribution in [1.29, 1.82) is 0 Å². The van der Waals surface area contributed by atoms with Crippen molar-refractivity contribution in [3.63, 3.8) is 0 Å². The molecule has 2 N–H and O–H groups in total. The van der Waals surface area contributed by atoms with Crippen LogP contribution in [0.15, 0.2) is 53.4 Å². The molecule has 0 aliphatic rings. The van der Waals surface area contributed by atoms with Crippen LogP contribution < -0.4 is 10.0 Å². The molecule has 2 aromatic rings. The summed E-state index contributed by atoms with van der Waals surface area (Å²) in [5, 5.41) is 2.52. The molecule has 0 saturated heterocycles. The van der Waals surface area contributed by atoms with E-state index in [-0.39, 0.29) is 10.7 Å². The molecule has 0 spiro atoms. The zero-order valence-corrected chi connectivity index (χ0v) is 17.3. The predicted octanol–water partition coefficient (Wildman–Crippen LogP) is 2.27. The Morgan fingerprint density at radius 2 is 1.67 bits per heavy atom. The molecular formula is C20H21FN2O6S. The molecule has 2 aromatic carbocycles. The molecule has 1 amide bonds. The third-order valence-electron chi connectivity index (χ3n) is 4.01. The highest BCUT2D eigenvalue weighted by Gasteiger charge is 2.26. The SMILES string of the molecule is CC(=O)c1cccc(NC(=O)[C@H](C)OC(=O)[C@H](C)NS(=O)(=O)c2ccc(F)cc2)c1. The van der Waals surface area contributed by atoms with Gasteiger partial charge in [0.15, 0.2) is 11.9 Å². The molecule has 0 heterocycles. The summed E-state index contributed by atoms with van der Waals surface area (Å²) in [5.74, 6) is -2.40. The maximum absolute atomic E-state index is 13.0. The highest BCUT2D eigenvalue weighted by Crippen LogP contribution is 2.13. The summed E-state index contributed by atoms with van der Waals surface area (Å²) in [7, 11) is -4.09. The maximum Gasteiger partial charge on any atom is 0.324 e. The first-order chi connectivity index (χ1) is 14.0. The van der Waals surface area contributed by atoms with Crippen molar-refractivity contribution in [2.45, 2.75) is 37.8 Å². The van der Waals surface area contributed by atoms with Gasteiger partial charge in [0.25, 0.3) is 5.91 Å². The fourth-order valence-electron chi connectivity index (χ4n) is 2.35. The second kappa shape index (κ2) is 9.59. The Kier molecular flexibility index (Phi) is 7.41. The number of esters is 1. The fourth-order valence-corrected chi connectivity index (χ4v) is 3.54. The van der Waals surface area contributed by atoms with E-state index in [9.17, 15) is 27.2 Å². The van der Waals surface area contributed by atoms with E-state index in [4.69, 9.17) is 4.74 Å². The van der Waals surface area contributed by atoms with E-state index in [1.54, 1.807) is 18.2 Å². The molecule has 0 aliphatic heterocycles. The van der Waals surface area contributed by atoms with Crippen molar-refractivity contribution in [3.05, 3.63) is 59.9 Å². The molecule has 10 heteroatoms. The summed E-state index contributed by atoms with van der Waals surface area (Å²) < 4.78 is 44.6. The molecule has 8 nitrogen and oxygen atoms in total. The third-order valence-corrected chi connectivity index (χ3v) is 5.56. The molecule has 2 rings (SSSR count). The van der Waals surface area contributed by atoms with E-state index in [2.05, 4.69) is 10.0 Å². The average molecular weight is 436 g/mol. The second-order valence-electron chi connectivity index (χ2n) is 6.50. The van der Waals surface area contributed by atoms with E-state index < -0.39 is 39.9 Å². The van der Waals surface area contributed by atoms with Crippen molar-refractivity contribution in [2.75, 3.05) is 5.32 Å². The molecule has 2 atom stereocenters. The van der Waals surface area contributed by atoms with E-state index >= 15 is 0 Å². The lowest BCUT2D eigenvalue weighted by atomic mass is 10.1. The molecule has 0 saturated carbocycles. The largest absolute Gasteiger partial charge is 0.451 e. The normalized spacial score (nSPS) is 13.2. The van der Waals surface area contributed by atoms with Gasteiger partial charge in [0.05, 0.1) is 4.90 Å². The Bertz CT molecular complexity index is 1050. The van der Waals surface area contributed by atoms with Gasteiger partial charge < -0.3 is 10.1 Å². The summed E-state index contributed by atoms with van der Waals surface area (Å²) in [6.07, 6.45) is -1.23. The van der Waals surface area contributed by atoms with Gasteiger partial charge in [-0.25, -0.2) is 12.8 Å². The summed E-state index contributed by atoms with van der Waals surface area (Å²) >= 11 is 0. The van der Waals surface area contributed by atoms with Crippen molar-refractivity contribution < 1.29 is 31.9 Å². The Balaban J connectivity index is 1.97. The summed E-state index contributed by atoms with van der Waals surface area (Å²) in [6.45, 7) is 3.97. The number of nitrogens with one attached hydrogen (secondary N) is 2. The van der Waals surface area contributed by atoms with Crippen molar-refractivity contribution in [3.8, 4) is 0 Å². The fraction of sp³-hybridized carbons (Fsp3) is 0.250. The number of halogens is 1. The van der Waals surface area contributed by atoms with Crippen LogP contribution >= 0.6 is 0 Å². The van der Waals surface area contributed by atoms with Gasteiger partial charge in [0.2, 0.25) is 10.0 Å². The Morgan fingerprint density at radius 3 is 2.27 bits per heavy atom. The van der Waals surface area contributed by atoms with Crippen LogP contribution in [-0.4, -0.2) is 38.2 Å². The molecule has 0 aliphatic carbocycles. The summed E-state index contributed by atoms with van der Waals surface area (Å²) in [6, 6.07) is 9.01. The van der Waals surface area contributed by atoms with Gasteiger partial charge >= 0.3 is 5.97 Å². The van der Waals surface area contributed by atoms with Crippen LogP contribution in [0.2, 0.25) is 0 Å². The number of hydrogen-bond acceptors (Lipinski definition) is 6. The van der Waals surface area contributed by atoms with Crippen molar-refractivity contribution in [2.24, 2.45) is 0 Å². The number of benzene rings is 2. The van der Waals surface area contributed by atoms with E-state index in [0.717, 1.165) is 24.3 Å². The number of ketones is 1. The van der Waals surface area contributed by atoms with Gasteiger partial charge in [0.1, 0.15) is 11.9 Å². The lowest BCUT2D eigenvalue weighted by Crippen LogP contribution is -2.42. The van der Waals surface area contributed by atoms with Gasteiger partial charge in [-0.15, -0.1) is 0 Å². The predicted molar refractivity (Wildman–Crippen MR) is 107 cm³/mol. The number of carbonyl (C=O) groups is 3. The highest BCUT2D eigenvalue weighted by atomic mass is 32.2. The minimum Gasteiger partial charge on any atom is -0.451 e. The van der Waals surface area contributed by atoms with Crippen LogP contribution in [-0.2, 0) is 24.3 Å². The van der Waals surface area contributed by atoms with Crippen LogP contribution in [0.3, 0.4) is 0 Å². The number of rotatable bonds is 8. The second-order valence-corrected chi connectivity index (χ2v) is 8.22. The van der Waals surface area contributed by atoms with Gasteiger partial charge in [-0.1, -0.05) is 12.1 Å². The molecule has 0 fully saturated rings. The van der Waals surface area contributed by atoms with Gasteiger partial charge in [-0.3, -0.25) is 14.4 Å². The molecule has 160 valence electrons. The number of ether oxygens (including phenoxy) is 1. The van der Waals surface area contributed by atoms with Crippen molar-refractivity contribution in [1.82, 2.24) is 4.72 Å². The Labute approximate surface area is 173 Å². The zero-order valence-electron chi connectivity index (χ0n) is 16.5. The molecule has 0 unspecified atom stereocenters. The number of Topliss-reactive ketones (excluding diaryl/α,β-unsaturated/α-hetero) is 1. The van der Waals surface area contributed by atoms with E-state index in [0.29, 0.717) is 11.3 Å². The van der Waals surface area contributed by atoms with Crippen LogP contribution in [0.25, 0.3) is 0 Å². The van der Waals surface area contributed by atoms with Crippen molar-refractivity contribution >= 4 is 33.4 Å². The first-order valence-electron chi connectivity index (χ1n) is 8.90.